The number of anilines is 1. The number of aromatic nitrogens is 7. The van der Waals surface area contributed by atoms with Crippen molar-refractivity contribution in [3.8, 4) is 5.95 Å². The lowest BCUT2D eigenvalue weighted by Gasteiger charge is -2.06. The lowest BCUT2D eigenvalue weighted by Crippen LogP contribution is -2.10. The van der Waals surface area contributed by atoms with Gasteiger partial charge in [0.05, 0.1) is 0 Å². The molecule has 0 aliphatic carbocycles. The minimum Gasteiger partial charge on any atom is -0.354 e. The van der Waals surface area contributed by atoms with Crippen molar-refractivity contribution in [2.24, 2.45) is 0 Å². The van der Waals surface area contributed by atoms with Crippen molar-refractivity contribution in [2.75, 3.05) is 11.9 Å². The van der Waals surface area contributed by atoms with Gasteiger partial charge in [0.25, 0.3) is 0 Å². The molecule has 0 unspecified atom stereocenters. The number of aryl methyl sites for hydroxylation is 1. The van der Waals surface area contributed by atoms with Crippen molar-refractivity contribution in [3.05, 3.63) is 42.2 Å². The molecule has 0 bridgehead atoms. The summed E-state index contributed by atoms with van der Waals surface area (Å²) in [5.41, 5.74) is 0. The van der Waals surface area contributed by atoms with E-state index in [2.05, 4.69) is 35.2 Å². The van der Waals surface area contributed by atoms with Crippen LogP contribution in [-0.4, -0.2) is 41.0 Å². The van der Waals surface area contributed by atoms with Gasteiger partial charge in [-0.2, -0.15) is 15.0 Å². The molecular weight excluding hydrogens is 292 g/mol. The van der Waals surface area contributed by atoms with Gasteiger partial charge in [-0.05, 0) is 18.0 Å². The van der Waals surface area contributed by atoms with Gasteiger partial charge in [-0.1, -0.05) is 0 Å². The molecule has 3 aromatic rings. The molecule has 0 aliphatic heterocycles. The fourth-order valence-corrected chi connectivity index (χ4v) is 1.96. The summed E-state index contributed by atoms with van der Waals surface area (Å²) >= 11 is 5.91. The van der Waals surface area contributed by atoms with E-state index in [1.165, 1.54) is 0 Å². The molecule has 0 saturated heterocycles. The number of nitrogens with zero attached hydrogens (tertiary/aromatic N) is 6. The highest BCUT2D eigenvalue weighted by molar-refractivity contribution is 6.28. The van der Waals surface area contributed by atoms with Crippen LogP contribution < -0.4 is 5.32 Å². The largest absolute Gasteiger partial charge is 0.354 e. The van der Waals surface area contributed by atoms with Gasteiger partial charge >= 0.3 is 0 Å². The Balaban J connectivity index is 1.60. The molecule has 8 nitrogen and oxygen atoms in total. The molecule has 0 spiro atoms. The highest BCUT2D eigenvalue weighted by atomic mass is 35.5. The van der Waals surface area contributed by atoms with Crippen LogP contribution in [0.1, 0.15) is 12.2 Å². The maximum atomic E-state index is 5.91. The molecule has 2 N–H and O–H groups in total. The number of H-pyrrole nitrogens is 1. The molecule has 3 rings (SSSR count). The molecule has 3 heterocycles. The third-order valence-corrected chi connectivity index (χ3v) is 2.93. The van der Waals surface area contributed by atoms with Gasteiger partial charge in [-0.25, -0.2) is 9.97 Å². The third-order valence-electron chi connectivity index (χ3n) is 2.76. The van der Waals surface area contributed by atoms with E-state index in [1.54, 1.807) is 29.5 Å². The Labute approximate surface area is 125 Å². The van der Waals surface area contributed by atoms with E-state index in [-0.39, 0.29) is 5.28 Å². The van der Waals surface area contributed by atoms with Crippen molar-refractivity contribution in [3.63, 3.8) is 0 Å². The van der Waals surface area contributed by atoms with Crippen molar-refractivity contribution in [1.29, 1.82) is 0 Å². The van der Waals surface area contributed by atoms with Crippen LogP contribution in [0.5, 0.6) is 0 Å². The molecule has 0 amide bonds. The van der Waals surface area contributed by atoms with E-state index in [0.717, 1.165) is 18.7 Å². The highest BCUT2D eigenvalue weighted by Crippen LogP contribution is 2.09. The second kappa shape index (κ2) is 6.31. The van der Waals surface area contributed by atoms with E-state index >= 15 is 0 Å². The van der Waals surface area contributed by atoms with Gasteiger partial charge in [0.2, 0.25) is 17.2 Å². The lowest BCUT2D eigenvalue weighted by molar-refractivity contribution is 0.804. The van der Waals surface area contributed by atoms with Crippen LogP contribution in [-0.2, 0) is 6.42 Å². The Bertz CT molecular complexity index is 679. The zero-order valence-electron chi connectivity index (χ0n) is 11.1. The smallest absolute Gasteiger partial charge is 0.241 e. The molecular formula is C12H13ClN8. The van der Waals surface area contributed by atoms with Crippen LogP contribution in [0.4, 0.5) is 5.95 Å². The first-order valence-electron chi connectivity index (χ1n) is 6.43. The summed E-state index contributed by atoms with van der Waals surface area (Å²) in [6.07, 6.45) is 10.3. The van der Waals surface area contributed by atoms with Gasteiger partial charge < -0.3 is 10.3 Å². The summed E-state index contributed by atoms with van der Waals surface area (Å²) in [5.74, 6) is 1.84. The second-order valence-electron chi connectivity index (χ2n) is 4.26. The highest BCUT2D eigenvalue weighted by Gasteiger charge is 2.06. The monoisotopic (exact) mass is 304 g/mol. The normalized spacial score (nSPS) is 10.7. The van der Waals surface area contributed by atoms with Crippen molar-refractivity contribution in [2.45, 2.75) is 12.8 Å². The van der Waals surface area contributed by atoms with E-state index in [9.17, 15) is 0 Å². The Morgan fingerprint density at radius 1 is 1.24 bits per heavy atom. The first-order chi connectivity index (χ1) is 10.3. The molecule has 9 heteroatoms. The minimum atomic E-state index is 0.141. The van der Waals surface area contributed by atoms with Crippen molar-refractivity contribution >= 4 is 17.5 Å². The Hall–Kier alpha value is -2.48. The summed E-state index contributed by atoms with van der Waals surface area (Å²) in [7, 11) is 0. The summed E-state index contributed by atoms with van der Waals surface area (Å²) < 4.78 is 1.67. The topological polar surface area (TPSA) is 97.2 Å². The Morgan fingerprint density at radius 2 is 2.19 bits per heavy atom. The molecule has 21 heavy (non-hydrogen) atoms. The minimum absolute atomic E-state index is 0.141. The third kappa shape index (κ3) is 3.54. The fraction of sp³-hybridized carbons (Fsp3) is 0.250. The predicted molar refractivity (Wildman–Crippen MR) is 77.4 cm³/mol. The number of halogens is 1. The van der Waals surface area contributed by atoms with Gasteiger partial charge in [-0.3, -0.25) is 4.57 Å². The number of imidazole rings is 2. The zero-order chi connectivity index (χ0) is 14.5. The average molecular weight is 305 g/mol. The lowest BCUT2D eigenvalue weighted by atomic mass is 10.3. The van der Waals surface area contributed by atoms with Crippen LogP contribution >= 0.6 is 11.6 Å². The fourth-order valence-electron chi connectivity index (χ4n) is 1.80. The van der Waals surface area contributed by atoms with Crippen molar-refractivity contribution in [1.82, 2.24) is 34.5 Å². The second-order valence-corrected chi connectivity index (χ2v) is 4.60. The predicted octanol–water partition coefficient (Wildman–Crippen LogP) is 1.48. The van der Waals surface area contributed by atoms with Crippen LogP contribution in [0.2, 0.25) is 5.28 Å². The molecule has 0 saturated carbocycles. The van der Waals surface area contributed by atoms with Crippen LogP contribution in [0.15, 0.2) is 31.1 Å². The number of nitrogens with one attached hydrogen (secondary N) is 2. The van der Waals surface area contributed by atoms with E-state index in [4.69, 9.17) is 11.6 Å². The van der Waals surface area contributed by atoms with E-state index < -0.39 is 0 Å². The van der Waals surface area contributed by atoms with Crippen LogP contribution in [0.3, 0.4) is 0 Å². The summed E-state index contributed by atoms with van der Waals surface area (Å²) in [6.45, 7) is 0.713. The zero-order valence-corrected chi connectivity index (χ0v) is 11.8. The summed E-state index contributed by atoms with van der Waals surface area (Å²) in [5, 5.41) is 3.27. The van der Waals surface area contributed by atoms with Crippen LogP contribution in [0, 0.1) is 0 Å². The first-order valence-corrected chi connectivity index (χ1v) is 6.81. The van der Waals surface area contributed by atoms with Crippen molar-refractivity contribution < 1.29 is 0 Å². The molecule has 0 atom stereocenters. The quantitative estimate of drug-likeness (QED) is 0.669. The molecule has 0 aromatic carbocycles. The maximum absolute atomic E-state index is 5.91. The summed E-state index contributed by atoms with van der Waals surface area (Å²) in [4.78, 5) is 23.6. The molecule has 108 valence electrons. The average Bonchev–Trinajstić information content (AvgIpc) is 3.16. The Morgan fingerprint density at radius 3 is 2.95 bits per heavy atom. The molecule has 3 aromatic heterocycles. The van der Waals surface area contributed by atoms with Gasteiger partial charge in [0.1, 0.15) is 12.2 Å². The summed E-state index contributed by atoms with van der Waals surface area (Å²) in [6, 6.07) is 0. The van der Waals surface area contributed by atoms with Gasteiger partial charge in [0.15, 0.2) is 0 Å². The maximum Gasteiger partial charge on any atom is 0.241 e. The standard InChI is InChI=1S/C12H13ClN8/c13-10-18-11(17-3-1-2-9-15-4-5-16-9)20-12(19-10)21-7-6-14-8-21/h4-8H,1-3H2,(H,15,16)(H,17,18,19,20). The Kier molecular flexibility index (Phi) is 4.06. The number of rotatable bonds is 6. The molecule has 0 radical (unpaired) electrons. The molecule has 0 aliphatic rings. The first kappa shape index (κ1) is 13.5. The SMILES string of the molecule is Clc1nc(NCCCc2ncc[nH]2)nc(-n2ccnc2)n1. The van der Waals surface area contributed by atoms with Gasteiger partial charge in [-0.15, -0.1) is 0 Å². The number of hydrogen-bond donors (Lipinski definition) is 2. The molecule has 0 fully saturated rings. The number of hydrogen-bond acceptors (Lipinski definition) is 6. The van der Waals surface area contributed by atoms with E-state index in [1.807, 2.05) is 6.20 Å². The number of aromatic amines is 1. The van der Waals surface area contributed by atoms with E-state index in [0.29, 0.717) is 18.4 Å². The van der Waals surface area contributed by atoms with Gasteiger partial charge in [0, 0.05) is 37.8 Å². The van der Waals surface area contributed by atoms with Crippen LogP contribution in [0.25, 0.3) is 5.95 Å².